The molecule has 1 aromatic rings. The number of hydrogen-bond donors (Lipinski definition) is 1. The summed E-state index contributed by atoms with van der Waals surface area (Å²) in [5, 5.41) is 8.27. The fourth-order valence-electron chi connectivity index (χ4n) is 2.72. The SMILES string of the molecule is Cc1nn(C2CCOCC2)c(C)c1CNCC(C)C. The summed E-state index contributed by atoms with van der Waals surface area (Å²) < 4.78 is 7.66. The molecule has 1 aliphatic rings. The first-order chi connectivity index (χ1) is 9.09. The van der Waals surface area contributed by atoms with E-state index < -0.39 is 0 Å². The predicted molar refractivity (Wildman–Crippen MR) is 77.3 cm³/mol. The Morgan fingerprint density at radius 3 is 2.63 bits per heavy atom. The van der Waals surface area contributed by atoms with Crippen LogP contribution in [0.15, 0.2) is 0 Å². The molecule has 0 aliphatic carbocycles. The second-order valence-corrected chi connectivity index (χ2v) is 5.96. The number of aryl methyl sites for hydroxylation is 1. The van der Waals surface area contributed by atoms with Crippen LogP contribution < -0.4 is 5.32 Å². The maximum Gasteiger partial charge on any atom is 0.0641 e. The van der Waals surface area contributed by atoms with E-state index in [4.69, 9.17) is 9.84 Å². The van der Waals surface area contributed by atoms with Gasteiger partial charge in [-0.2, -0.15) is 5.10 Å². The van der Waals surface area contributed by atoms with E-state index in [1.165, 1.54) is 17.0 Å². The zero-order chi connectivity index (χ0) is 13.8. The molecule has 1 saturated heterocycles. The minimum atomic E-state index is 0.520. The number of nitrogens with one attached hydrogen (secondary N) is 1. The van der Waals surface area contributed by atoms with Gasteiger partial charge in [-0.25, -0.2) is 0 Å². The van der Waals surface area contributed by atoms with Crippen LogP contribution in [0.5, 0.6) is 0 Å². The Morgan fingerprint density at radius 2 is 2.00 bits per heavy atom. The molecule has 1 fully saturated rings. The molecule has 0 amide bonds. The van der Waals surface area contributed by atoms with Crippen LogP contribution in [-0.2, 0) is 11.3 Å². The van der Waals surface area contributed by atoms with Gasteiger partial charge in [0.1, 0.15) is 0 Å². The van der Waals surface area contributed by atoms with Crippen molar-refractivity contribution in [2.75, 3.05) is 19.8 Å². The molecule has 4 nitrogen and oxygen atoms in total. The molecule has 1 aliphatic heterocycles. The lowest BCUT2D eigenvalue weighted by Crippen LogP contribution is -2.22. The van der Waals surface area contributed by atoms with Gasteiger partial charge in [0.25, 0.3) is 0 Å². The summed E-state index contributed by atoms with van der Waals surface area (Å²) in [7, 11) is 0. The van der Waals surface area contributed by atoms with E-state index in [1.54, 1.807) is 0 Å². The summed E-state index contributed by atoms with van der Waals surface area (Å²) in [4.78, 5) is 0. The Bertz CT molecular complexity index is 406. The third kappa shape index (κ3) is 3.57. The average Bonchev–Trinajstić information content (AvgIpc) is 2.67. The minimum absolute atomic E-state index is 0.520. The molecule has 1 aromatic heterocycles. The van der Waals surface area contributed by atoms with E-state index in [1.807, 2.05) is 0 Å². The highest BCUT2D eigenvalue weighted by atomic mass is 16.5. The zero-order valence-electron chi connectivity index (χ0n) is 12.7. The highest BCUT2D eigenvalue weighted by Crippen LogP contribution is 2.24. The smallest absolute Gasteiger partial charge is 0.0641 e. The molecule has 0 radical (unpaired) electrons. The van der Waals surface area contributed by atoms with Gasteiger partial charge in [0, 0.05) is 31.0 Å². The van der Waals surface area contributed by atoms with E-state index in [-0.39, 0.29) is 0 Å². The van der Waals surface area contributed by atoms with Gasteiger partial charge in [-0.15, -0.1) is 0 Å². The second kappa shape index (κ2) is 6.53. The molecule has 4 heteroatoms. The summed E-state index contributed by atoms with van der Waals surface area (Å²) in [5.41, 5.74) is 3.85. The molecule has 19 heavy (non-hydrogen) atoms. The number of hydrogen-bond acceptors (Lipinski definition) is 3. The van der Waals surface area contributed by atoms with Crippen molar-refractivity contribution in [1.29, 1.82) is 0 Å². The first-order valence-corrected chi connectivity index (χ1v) is 7.42. The molecule has 0 atom stereocenters. The van der Waals surface area contributed by atoms with Gasteiger partial charge in [-0.3, -0.25) is 4.68 Å². The summed E-state index contributed by atoms with van der Waals surface area (Å²) in [6.45, 7) is 12.5. The van der Waals surface area contributed by atoms with Crippen LogP contribution in [0.3, 0.4) is 0 Å². The topological polar surface area (TPSA) is 39.1 Å². The van der Waals surface area contributed by atoms with Gasteiger partial charge >= 0.3 is 0 Å². The van der Waals surface area contributed by atoms with E-state index in [0.29, 0.717) is 12.0 Å². The molecule has 2 rings (SSSR count). The zero-order valence-corrected chi connectivity index (χ0v) is 12.7. The van der Waals surface area contributed by atoms with Gasteiger partial charge < -0.3 is 10.1 Å². The largest absolute Gasteiger partial charge is 0.381 e. The van der Waals surface area contributed by atoms with Gasteiger partial charge in [-0.05, 0) is 39.2 Å². The lowest BCUT2D eigenvalue weighted by Gasteiger charge is -2.23. The summed E-state index contributed by atoms with van der Waals surface area (Å²) in [5.74, 6) is 0.686. The van der Waals surface area contributed by atoms with Crippen molar-refractivity contribution in [3.8, 4) is 0 Å². The predicted octanol–water partition coefficient (Wildman–Crippen LogP) is 2.60. The van der Waals surface area contributed by atoms with Crippen molar-refractivity contribution in [2.45, 2.75) is 53.1 Å². The molecule has 0 saturated carbocycles. The van der Waals surface area contributed by atoms with Gasteiger partial charge in [0.05, 0.1) is 11.7 Å². The molecular weight excluding hydrogens is 238 g/mol. The number of aromatic nitrogens is 2. The van der Waals surface area contributed by atoms with E-state index in [0.717, 1.165) is 39.1 Å². The van der Waals surface area contributed by atoms with Crippen molar-refractivity contribution >= 4 is 0 Å². The molecule has 1 N–H and O–H groups in total. The minimum Gasteiger partial charge on any atom is -0.381 e. The van der Waals surface area contributed by atoms with Crippen molar-refractivity contribution in [3.63, 3.8) is 0 Å². The van der Waals surface area contributed by atoms with Crippen LogP contribution in [0.25, 0.3) is 0 Å². The monoisotopic (exact) mass is 265 g/mol. The third-order valence-electron chi connectivity index (χ3n) is 3.87. The average molecular weight is 265 g/mol. The van der Waals surface area contributed by atoms with Crippen LogP contribution in [0, 0.1) is 19.8 Å². The first kappa shape index (κ1) is 14.5. The second-order valence-electron chi connectivity index (χ2n) is 5.96. The molecule has 108 valence electrons. The Hall–Kier alpha value is -0.870. The summed E-state index contributed by atoms with van der Waals surface area (Å²) >= 11 is 0. The quantitative estimate of drug-likeness (QED) is 0.889. The number of nitrogens with zero attached hydrogens (tertiary/aromatic N) is 2. The Kier molecular flexibility index (Phi) is 4.99. The van der Waals surface area contributed by atoms with Crippen molar-refractivity contribution in [1.82, 2.24) is 15.1 Å². The number of ether oxygens (including phenoxy) is 1. The van der Waals surface area contributed by atoms with E-state index in [2.05, 4.69) is 37.7 Å². The van der Waals surface area contributed by atoms with Crippen LogP contribution in [-0.4, -0.2) is 29.5 Å². The normalized spacial score (nSPS) is 17.3. The van der Waals surface area contributed by atoms with Gasteiger partial charge in [0.2, 0.25) is 0 Å². The first-order valence-electron chi connectivity index (χ1n) is 7.42. The van der Waals surface area contributed by atoms with Crippen LogP contribution in [0.4, 0.5) is 0 Å². The lowest BCUT2D eigenvalue weighted by atomic mass is 10.1. The summed E-state index contributed by atoms with van der Waals surface area (Å²) in [6.07, 6.45) is 2.17. The maximum absolute atomic E-state index is 5.44. The van der Waals surface area contributed by atoms with Crippen molar-refractivity contribution < 1.29 is 4.74 Å². The van der Waals surface area contributed by atoms with Crippen molar-refractivity contribution in [2.24, 2.45) is 5.92 Å². The summed E-state index contributed by atoms with van der Waals surface area (Å²) in [6, 6.07) is 0.520. The Balaban J connectivity index is 2.05. The standard InChI is InChI=1S/C15H27N3O/c1-11(2)9-16-10-15-12(3)17-18(13(15)4)14-5-7-19-8-6-14/h11,14,16H,5-10H2,1-4H3. The fraction of sp³-hybridized carbons (Fsp3) is 0.800. The Labute approximate surface area is 116 Å². The molecular formula is C15H27N3O. The molecule has 0 unspecified atom stereocenters. The highest BCUT2D eigenvalue weighted by molar-refractivity contribution is 5.24. The molecule has 0 bridgehead atoms. The highest BCUT2D eigenvalue weighted by Gasteiger charge is 2.20. The number of rotatable bonds is 5. The third-order valence-corrected chi connectivity index (χ3v) is 3.87. The lowest BCUT2D eigenvalue weighted by molar-refractivity contribution is 0.0656. The van der Waals surface area contributed by atoms with Crippen LogP contribution in [0.2, 0.25) is 0 Å². The van der Waals surface area contributed by atoms with Gasteiger partial charge in [-0.1, -0.05) is 13.8 Å². The van der Waals surface area contributed by atoms with E-state index >= 15 is 0 Å². The van der Waals surface area contributed by atoms with Crippen LogP contribution in [0.1, 0.15) is 49.7 Å². The van der Waals surface area contributed by atoms with Crippen LogP contribution >= 0.6 is 0 Å². The molecule has 0 aromatic carbocycles. The molecule has 0 spiro atoms. The van der Waals surface area contributed by atoms with E-state index in [9.17, 15) is 0 Å². The van der Waals surface area contributed by atoms with Gasteiger partial charge in [0.15, 0.2) is 0 Å². The Morgan fingerprint density at radius 1 is 1.32 bits per heavy atom. The molecule has 2 heterocycles. The fourth-order valence-corrected chi connectivity index (χ4v) is 2.72. The maximum atomic E-state index is 5.44. The van der Waals surface area contributed by atoms with Crippen molar-refractivity contribution in [3.05, 3.63) is 17.0 Å².